The summed E-state index contributed by atoms with van der Waals surface area (Å²) in [7, 11) is 1.69. The number of carbonyl (C=O) groups excluding carboxylic acids is 1. The molecule has 1 saturated heterocycles. The van der Waals surface area contributed by atoms with Crippen LogP contribution < -0.4 is 9.47 Å². The molecule has 4 nitrogen and oxygen atoms in total. The largest absolute Gasteiger partial charge is 0.493 e. The van der Waals surface area contributed by atoms with E-state index in [1.165, 1.54) is 11.1 Å². The Morgan fingerprint density at radius 3 is 2.77 bits per heavy atom. The molecular weight excluding hydrogens is 326 g/mol. The van der Waals surface area contributed by atoms with Gasteiger partial charge in [0.15, 0.2) is 11.5 Å². The van der Waals surface area contributed by atoms with Crippen LogP contribution in [0, 0.1) is 11.8 Å². The van der Waals surface area contributed by atoms with Crippen LogP contribution in [-0.4, -0.2) is 37.5 Å². The standard InChI is InChI=1S/C22H33NO3/c1-5-6-9-26-22-11-16-7-8-23-14-17(10-15(2)3)20(24)13-19(23)18(16)12-21(22)25-4/h11-12,15,17,19H,5-10,13-14H2,1-4H3. The van der Waals surface area contributed by atoms with Gasteiger partial charge in [0, 0.05) is 31.5 Å². The lowest BCUT2D eigenvalue weighted by atomic mass is 9.80. The second-order valence-electron chi connectivity index (χ2n) is 8.16. The van der Waals surface area contributed by atoms with Gasteiger partial charge in [-0.05, 0) is 48.4 Å². The highest BCUT2D eigenvalue weighted by Gasteiger charge is 2.38. The van der Waals surface area contributed by atoms with E-state index in [-0.39, 0.29) is 12.0 Å². The monoisotopic (exact) mass is 359 g/mol. The number of rotatable bonds is 7. The van der Waals surface area contributed by atoms with Crippen LogP contribution in [0.4, 0.5) is 0 Å². The quantitative estimate of drug-likeness (QED) is 0.676. The number of ketones is 1. The molecule has 2 aliphatic heterocycles. The van der Waals surface area contributed by atoms with Crippen molar-refractivity contribution in [2.45, 2.75) is 58.9 Å². The van der Waals surface area contributed by atoms with Gasteiger partial charge in [-0.15, -0.1) is 0 Å². The lowest BCUT2D eigenvalue weighted by molar-refractivity contribution is -0.129. The Labute approximate surface area is 157 Å². The Bertz CT molecular complexity index is 641. The number of unbranched alkanes of at least 4 members (excludes halogenated alkanes) is 1. The first-order valence-electron chi connectivity index (χ1n) is 10.1. The summed E-state index contributed by atoms with van der Waals surface area (Å²) in [4.78, 5) is 15.2. The van der Waals surface area contributed by atoms with E-state index in [4.69, 9.17) is 9.47 Å². The smallest absolute Gasteiger partial charge is 0.161 e. The number of fused-ring (bicyclic) bond motifs is 3. The van der Waals surface area contributed by atoms with Crippen LogP contribution in [0.15, 0.2) is 12.1 Å². The first-order chi connectivity index (χ1) is 12.5. The van der Waals surface area contributed by atoms with Crippen molar-refractivity contribution in [2.24, 2.45) is 11.8 Å². The number of benzene rings is 1. The number of ether oxygens (including phenoxy) is 2. The van der Waals surface area contributed by atoms with E-state index in [0.29, 0.717) is 18.1 Å². The number of piperidine rings is 1. The third-order valence-electron chi connectivity index (χ3n) is 5.71. The maximum Gasteiger partial charge on any atom is 0.161 e. The third-order valence-corrected chi connectivity index (χ3v) is 5.71. The normalized spacial score (nSPS) is 22.9. The summed E-state index contributed by atoms with van der Waals surface area (Å²) in [6, 6.07) is 4.46. The Morgan fingerprint density at radius 1 is 1.27 bits per heavy atom. The zero-order valence-corrected chi connectivity index (χ0v) is 16.7. The fourth-order valence-electron chi connectivity index (χ4n) is 4.33. The van der Waals surface area contributed by atoms with E-state index in [1.54, 1.807) is 7.11 Å². The lowest BCUT2D eigenvalue weighted by Gasteiger charge is -2.43. The molecule has 0 radical (unpaired) electrons. The van der Waals surface area contributed by atoms with E-state index < -0.39 is 0 Å². The number of hydrogen-bond donors (Lipinski definition) is 0. The maximum atomic E-state index is 12.7. The van der Waals surface area contributed by atoms with Gasteiger partial charge in [0.05, 0.1) is 13.7 Å². The first-order valence-corrected chi connectivity index (χ1v) is 10.1. The van der Waals surface area contributed by atoms with Crippen molar-refractivity contribution < 1.29 is 14.3 Å². The number of methoxy groups -OCH3 is 1. The minimum absolute atomic E-state index is 0.200. The van der Waals surface area contributed by atoms with Crippen molar-refractivity contribution >= 4 is 5.78 Å². The highest BCUT2D eigenvalue weighted by Crippen LogP contribution is 2.42. The molecule has 144 valence electrons. The maximum absolute atomic E-state index is 12.7. The number of carbonyl (C=O) groups is 1. The van der Waals surface area contributed by atoms with Crippen LogP contribution in [0.3, 0.4) is 0 Å². The van der Waals surface area contributed by atoms with Gasteiger partial charge in [-0.1, -0.05) is 27.2 Å². The summed E-state index contributed by atoms with van der Waals surface area (Å²) in [5.74, 6) is 2.83. The van der Waals surface area contributed by atoms with Crippen LogP contribution in [0.25, 0.3) is 0 Å². The van der Waals surface area contributed by atoms with E-state index in [0.717, 1.165) is 56.9 Å². The van der Waals surface area contributed by atoms with Gasteiger partial charge in [-0.2, -0.15) is 0 Å². The SMILES string of the molecule is CCCCOc1cc2c(cc1OC)C1CC(=O)C(CC(C)C)CN1CC2. The highest BCUT2D eigenvalue weighted by atomic mass is 16.5. The lowest BCUT2D eigenvalue weighted by Crippen LogP contribution is -2.46. The van der Waals surface area contributed by atoms with Crippen LogP contribution in [-0.2, 0) is 11.2 Å². The molecule has 26 heavy (non-hydrogen) atoms. The summed E-state index contributed by atoms with van der Waals surface area (Å²) < 4.78 is 11.5. The molecule has 2 unspecified atom stereocenters. The van der Waals surface area contributed by atoms with Crippen molar-refractivity contribution in [3.8, 4) is 11.5 Å². The summed E-state index contributed by atoms with van der Waals surface area (Å²) in [6.07, 6.45) is 4.81. The van der Waals surface area contributed by atoms with Crippen LogP contribution in [0.1, 0.15) is 63.6 Å². The predicted octanol–water partition coefficient (Wildman–Crippen LogP) is 4.41. The summed E-state index contributed by atoms with van der Waals surface area (Å²) in [5.41, 5.74) is 2.57. The van der Waals surface area contributed by atoms with E-state index in [9.17, 15) is 4.79 Å². The van der Waals surface area contributed by atoms with Crippen molar-refractivity contribution in [3.63, 3.8) is 0 Å². The predicted molar refractivity (Wildman–Crippen MR) is 104 cm³/mol. The Balaban J connectivity index is 1.81. The molecule has 0 aliphatic carbocycles. The molecule has 2 aliphatic rings. The van der Waals surface area contributed by atoms with E-state index >= 15 is 0 Å². The number of Topliss-reactive ketones (excluding diaryl/α,β-unsaturated/α-hetero) is 1. The molecule has 4 heteroatoms. The number of hydrogen-bond acceptors (Lipinski definition) is 4. The van der Waals surface area contributed by atoms with Gasteiger partial charge in [0.25, 0.3) is 0 Å². The zero-order chi connectivity index (χ0) is 18.7. The van der Waals surface area contributed by atoms with Crippen molar-refractivity contribution in [2.75, 3.05) is 26.8 Å². The van der Waals surface area contributed by atoms with Gasteiger partial charge < -0.3 is 9.47 Å². The summed E-state index contributed by atoms with van der Waals surface area (Å²) >= 11 is 0. The van der Waals surface area contributed by atoms with Crippen molar-refractivity contribution in [1.82, 2.24) is 4.90 Å². The second-order valence-corrected chi connectivity index (χ2v) is 8.16. The van der Waals surface area contributed by atoms with Gasteiger partial charge >= 0.3 is 0 Å². The molecule has 1 aromatic carbocycles. The molecule has 0 bridgehead atoms. The molecule has 0 saturated carbocycles. The van der Waals surface area contributed by atoms with Gasteiger partial charge in [0.2, 0.25) is 0 Å². The average Bonchev–Trinajstić information content (AvgIpc) is 2.61. The van der Waals surface area contributed by atoms with E-state index in [1.807, 2.05) is 0 Å². The minimum atomic E-state index is 0.200. The van der Waals surface area contributed by atoms with E-state index in [2.05, 4.69) is 37.8 Å². The van der Waals surface area contributed by atoms with Crippen LogP contribution >= 0.6 is 0 Å². The Kier molecular flexibility index (Phi) is 6.23. The summed E-state index contributed by atoms with van der Waals surface area (Å²) in [6.45, 7) is 9.22. The summed E-state index contributed by atoms with van der Waals surface area (Å²) in [5, 5.41) is 0. The molecule has 0 spiro atoms. The molecule has 1 fully saturated rings. The Hall–Kier alpha value is -1.55. The third kappa shape index (κ3) is 4.06. The first kappa shape index (κ1) is 19.2. The topological polar surface area (TPSA) is 38.8 Å². The number of nitrogens with zero attached hydrogens (tertiary/aromatic N) is 1. The second kappa shape index (κ2) is 8.43. The zero-order valence-electron chi connectivity index (χ0n) is 16.7. The minimum Gasteiger partial charge on any atom is -0.493 e. The van der Waals surface area contributed by atoms with Gasteiger partial charge in [-0.25, -0.2) is 0 Å². The van der Waals surface area contributed by atoms with Crippen LogP contribution in [0.2, 0.25) is 0 Å². The average molecular weight is 360 g/mol. The molecule has 2 atom stereocenters. The van der Waals surface area contributed by atoms with Crippen molar-refractivity contribution in [3.05, 3.63) is 23.3 Å². The Morgan fingerprint density at radius 2 is 2.08 bits per heavy atom. The highest BCUT2D eigenvalue weighted by molar-refractivity contribution is 5.83. The fourth-order valence-corrected chi connectivity index (χ4v) is 4.33. The molecule has 3 rings (SSSR count). The fraction of sp³-hybridized carbons (Fsp3) is 0.682. The van der Waals surface area contributed by atoms with Crippen LogP contribution in [0.5, 0.6) is 11.5 Å². The molecular formula is C22H33NO3. The molecule has 0 N–H and O–H groups in total. The molecule has 1 aromatic rings. The molecule has 0 amide bonds. The van der Waals surface area contributed by atoms with Gasteiger partial charge in [-0.3, -0.25) is 9.69 Å². The molecule has 0 aromatic heterocycles. The van der Waals surface area contributed by atoms with Crippen molar-refractivity contribution in [1.29, 1.82) is 0 Å². The molecule has 2 heterocycles. The van der Waals surface area contributed by atoms with Gasteiger partial charge in [0.1, 0.15) is 5.78 Å².